The molecule has 0 radical (unpaired) electrons. The highest BCUT2D eigenvalue weighted by Crippen LogP contribution is 2.48. The number of piperidine rings is 1. The van der Waals surface area contributed by atoms with Crippen LogP contribution in [-0.4, -0.2) is 90.2 Å². The van der Waals surface area contributed by atoms with Gasteiger partial charge in [-0.1, -0.05) is 71.9 Å². The van der Waals surface area contributed by atoms with Gasteiger partial charge < -0.3 is 24.6 Å². The van der Waals surface area contributed by atoms with Crippen LogP contribution in [0.4, 0.5) is 20.2 Å². The third-order valence-corrected chi connectivity index (χ3v) is 13.5. The molecule has 2 saturated heterocycles. The lowest BCUT2D eigenvalue weighted by Crippen LogP contribution is -2.45. The fourth-order valence-corrected chi connectivity index (χ4v) is 10.1. The van der Waals surface area contributed by atoms with E-state index in [1.807, 2.05) is 70.9 Å². The van der Waals surface area contributed by atoms with Crippen LogP contribution in [0.25, 0.3) is 11.0 Å². The normalized spacial score (nSPS) is 16.5. The van der Waals surface area contributed by atoms with Gasteiger partial charge in [-0.3, -0.25) is 4.57 Å². The van der Waals surface area contributed by atoms with Crippen molar-refractivity contribution in [3.8, 4) is 0 Å². The molecule has 2 fully saturated rings. The van der Waals surface area contributed by atoms with Gasteiger partial charge in [-0.2, -0.15) is 0 Å². The molecule has 9 rings (SSSR count). The molecule has 0 amide bonds. The number of hydrogen-bond donors (Lipinski definition) is 1. The van der Waals surface area contributed by atoms with Gasteiger partial charge in [0, 0.05) is 72.6 Å². The number of benzene rings is 5. The predicted molar refractivity (Wildman–Crippen MR) is 239 cm³/mol. The van der Waals surface area contributed by atoms with Crippen molar-refractivity contribution in [3.63, 3.8) is 0 Å². The molecule has 0 unspecified atom stereocenters. The van der Waals surface area contributed by atoms with E-state index in [0.29, 0.717) is 0 Å². The highest BCUT2D eigenvalue weighted by Gasteiger charge is 2.25. The zero-order valence-electron chi connectivity index (χ0n) is 33.7. The summed E-state index contributed by atoms with van der Waals surface area (Å²) >= 11 is 8.13. The van der Waals surface area contributed by atoms with Gasteiger partial charge in [-0.25, -0.2) is 13.6 Å². The third-order valence-electron chi connectivity index (χ3n) is 12.1. The smallest absolute Gasteiger partial charge is 0.326 e. The topological polar surface area (TPSA) is 50.8 Å². The largest absolute Gasteiger partial charge is 0.340 e. The van der Waals surface area contributed by atoms with Crippen LogP contribution in [0.2, 0.25) is 5.02 Å². The van der Waals surface area contributed by atoms with Gasteiger partial charge in [-0.15, -0.1) is 0 Å². The Labute approximate surface area is 355 Å². The van der Waals surface area contributed by atoms with E-state index in [-0.39, 0.29) is 29.3 Å². The summed E-state index contributed by atoms with van der Waals surface area (Å²) in [4.78, 5) is 28.0. The number of aromatic nitrogens is 2. The minimum absolute atomic E-state index is 0.0268. The van der Waals surface area contributed by atoms with Crippen molar-refractivity contribution in [1.82, 2.24) is 24.3 Å². The molecule has 4 heterocycles. The van der Waals surface area contributed by atoms with Gasteiger partial charge in [0.2, 0.25) is 0 Å². The van der Waals surface area contributed by atoms with Crippen LogP contribution in [0.3, 0.4) is 0 Å². The summed E-state index contributed by atoms with van der Waals surface area (Å²) in [6.07, 6.45) is 4.94. The second-order valence-electron chi connectivity index (χ2n) is 16.0. The molecule has 3 aliphatic rings. The van der Waals surface area contributed by atoms with Crippen molar-refractivity contribution in [1.29, 1.82) is 0 Å². The van der Waals surface area contributed by atoms with E-state index in [2.05, 4.69) is 68.0 Å². The summed E-state index contributed by atoms with van der Waals surface area (Å²) in [5.74, 6) is -0.402. The summed E-state index contributed by atoms with van der Waals surface area (Å²) in [6.45, 7) is 9.80. The second-order valence-corrected chi connectivity index (χ2v) is 17.5. The molecule has 308 valence electrons. The monoisotopic (exact) mass is 834 g/mol. The van der Waals surface area contributed by atoms with E-state index in [4.69, 9.17) is 11.6 Å². The Morgan fingerprint density at radius 2 is 1.31 bits per heavy atom. The van der Waals surface area contributed by atoms with Crippen LogP contribution in [-0.2, 0) is 0 Å². The fourth-order valence-electron chi connectivity index (χ4n) is 8.84. The maximum absolute atomic E-state index is 13.5. The Morgan fingerprint density at radius 1 is 0.695 bits per heavy atom. The lowest BCUT2D eigenvalue weighted by atomic mass is 9.87. The third kappa shape index (κ3) is 10.1. The lowest BCUT2D eigenvalue weighted by molar-refractivity contribution is 0.153. The average Bonchev–Trinajstić information content (AvgIpc) is 3.60. The quantitative estimate of drug-likeness (QED) is 0.140. The molecule has 0 aliphatic carbocycles. The summed E-state index contributed by atoms with van der Waals surface area (Å²) in [6, 6.07) is 36.3. The van der Waals surface area contributed by atoms with Crippen molar-refractivity contribution in [2.24, 2.45) is 0 Å². The number of hydrogen-bond acceptors (Lipinski definition) is 6. The molecular formula is C48H53ClF2N6OS. The molecule has 0 atom stereocenters. The van der Waals surface area contributed by atoms with Crippen LogP contribution in [0.15, 0.2) is 130 Å². The lowest BCUT2D eigenvalue weighted by Gasteiger charge is -2.35. The molecule has 3 aliphatic heterocycles. The van der Waals surface area contributed by atoms with Gasteiger partial charge in [-0.05, 0) is 130 Å². The summed E-state index contributed by atoms with van der Waals surface area (Å²) in [5, 5.41) is 0.808. The van der Waals surface area contributed by atoms with Crippen molar-refractivity contribution in [2.45, 2.75) is 53.9 Å². The zero-order valence-corrected chi connectivity index (χ0v) is 35.3. The highest BCUT2D eigenvalue weighted by atomic mass is 35.5. The van der Waals surface area contributed by atoms with Gasteiger partial charge in [0.15, 0.2) is 0 Å². The van der Waals surface area contributed by atoms with Crippen LogP contribution >= 0.6 is 23.4 Å². The molecule has 1 N–H and O–H groups in total. The molecular weight excluding hydrogens is 782 g/mol. The number of H-pyrrole nitrogens is 1. The number of piperazine rings is 1. The number of halogens is 3. The summed E-state index contributed by atoms with van der Waals surface area (Å²) < 4.78 is 28.9. The van der Waals surface area contributed by atoms with Crippen molar-refractivity contribution < 1.29 is 8.78 Å². The number of nitrogens with zero attached hydrogens (tertiary/aromatic N) is 5. The molecule has 0 bridgehead atoms. The number of nitrogens with one attached hydrogen (secondary N) is 1. The molecule has 59 heavy (non-hydrogen) atoms. The van der Waals surface area contributed by atoms with E-state index in [1.54, 1.807) is 0 Å². The number of imidazole rings is 1. The molecule has 1 aromatic heterocycles. The van der Waals surface area contributed by atoms with E-state index in [1.165, 1.54) is 71.6 Å². The van der Waals surface area contributed by atoms with Crippen LogP contribution in [0, 0.1) is 11.6 Å². The molecule has 5 aromatic carbocycles. The van der Waals surface area contributed by atoms with Gasteiger partial charge >= 0.3 is 5.69 Å². The minimum Gasteiger partial charge on any atom is -0.340 e. The number of aromatic amines is 1. The maximum Gasteiger partial charge on any atom is 0.326 e. The predicted octanol–water partition coefficient (Wildman–Crippen LogP) is 10.4. The average molecular weight is 836 g/mol. The molecule has 7 nitrogen and oxygen atoms in total. The first-order chi connectivity index (χ1) is 28.8. The van der Waals surface area contributed by atoms with Crippen molar-refractivity contribution in [2.75, 3.05) is 70.9 Å². The minimum atomic E-state index is -0.251. The number of anilines is 2. The SMILES string of the molecule is CN1CCN(CCCN2c3ccccc3Sc3ccc(Cl)cc32)CC1.O=c1[nH]c2ccccc2n1C1CCN(CCCC(c2ccc(F)cc2)c2ccc(F)cc2)CC1. The van der Waals surface area contributed by atoms with Gasteiger partial charge in [0.25, 0.3) is 0 Å². The van der Waals surface area contributed by atoms with E-state index >= 15 is 0 Å². The molecule has 0 spiro atoms. The van der Waals surface area contributed by atoms with Crippen LogP contribution in [0.1, 0.15) is 55.2 Å². The number of fused-ring (bicyclic) bond motifs is 3. The number of likely N-dealkylation sites (tertiary alicyclic amines) is 1. The van der Waals surface area contributed by atoms with Crippen LogP contribution < -0.4 is 10.6 Å². The highest BCUT2D eigenvalue weighted by molar-refractivity contribution is 7.99. The fraction of sp³-hybridized carbons (Fsp3) is 0.354. The first-order valence-electron chi connectivity index (χ1n) is 21.0. The number of para-hydroxylation sites is 3. The van der Waals surface area contributed by atoms with E-state index in [9.17, 15) is 13.6 Å². The Bertz CT molecular complexity index is 2310. The first kappa shape index (κ1) is 41.3. The molecule has 6 aromatic rings. The van der Waals surface area contributed by atoms with Gasteiger partial charge in [0.05, 0.1) is 22.4 Å². The maximum atomic E-state index is 13.5. The van der Waals surface area contributed by atoms with E-state index in [0.717, 1.165) is 92.0 Å². The Morgan fingerprint density at radius 3 is 2.02 bits per heavy atom. The Kier molecular flexibility index (Phi) is 13.5. The summed E-state index contributed by atoms with van der Waals surface area (Å²) in [7, 11) is 2.21. The number of rotatable bonds is 11. The van der Waals surface area contributed by atoms with E-state index < -0.39 is 0 Å². The number of likely N-dealkylation sites (N-methyl/N-ethyl adjacent to an activating group) is 1. The standard InChI is InChI=1S/C28H29F2N3O.C20H24ClN3S/c29-22-11-7-20(8-12-22)25(21-9-13-23(30)14-10-21)4-3-17-32-18-15-24(16-19-32)33-27-6-2-1-5-26(27)31-28(33)34;1-22-11-13-23(14-12-22)9-4-10-24-17-5-2-3-6-19(17)25-20-8-7-16(21)15-18(20)24/h1-2,5-14,24-25H,3-4,15-19H2,(H,31,34);2-3,5-8,15H,4,9-14H2,1H3. The van der Waals surface area contributed by atoms with Crippen molar-refractivity contribution in [3.05, 3.63) is 154 Å². The second kappa shape index (κ2) is 19.3. The van der Waals surface area contributed by atoms with Crippen molar-refractivity contribution >= 4 is 45.8 Å². The Balaban J connectivity index is 0.000000172. The van der Waals surface area contributed by atoms with Gasteiger partial charge in [0.1, 0.15) is 11.6 Å². The Hall–Kier alpha value is -4.45. The molecule has 11 heteroatoms. The van der Waals surface area contributed by atoms with Crippen LogP contribution in [0.5, 0.6) is 0 Å². The molecule has 0 saturated carbocycles. The summed E-state index contributed by atoms with van der Waals surface area (Å²) in [5.41, 5.74) is 6.49. The zero-order chi connectivity index (χ0) is 40.7. The first-order valence-corrected chi connectivity index (χ1v) is 22.2.